The third kappa shape index (κ3) is 3.21. The number of carbonyl (C=O) groups excluding carboxylic acids is 1. The molecular formula is C5H8O3. The van der Waals surface area contributed by atoms with Gasteiger partial charge in [-0.2, -0.15) is 0 Å². The molecule has 0 aliphatic carbocycles. The summed E-state index contributed by atoms with van der Waals surface area (Å²) in [5.41, 5.74) is 0. The van der Waals surface area contributed by atoms with Gasteiger partial charge in [0.15, 0.2) is 0 Å². The van der Waals surface area contributed by atoms with Crippen molar-refractivity contribution in [2.45, 2.75) is 6.42 Å². The minimum Gasteiger partial charge on any atom is -0.516 e. The van der Waals surface area contributed by atoms with E-state index in [0.717, 1.165) is 6.26 Å². The molecule has 0 aromatic rings. The Hall–Kier alpha value is -0.990. The van der Waals surface area contributed by atoms with Crippen molar-refractivity contribution in [1.29, 1.82) is 0 Å². The molecule has 0 aliphatic heterocycles. The van der Waals surface area contributed by atoms with Crippen LogP contribution in [0.4, 0.5) is 0 Å². The smallest absolute Gasteiger partial charge is 0.309 e. The van der Waals surface area contributed by atoms with Crippen LogP contribution in [0.15, 0.2) is 12.3 Å². The Morgan fingerprint density at radius 1 is 1.88 bits per heavy atom. The number of hydrogen-bond donors (Lipinski definition) is 1. The first-order valence-corrected chi connectivity index (χ1v) is 2.17. The van der Waals surface area contributed by atoms with Crippen molar-refractivity contribution in [3.8, 4) is 0 Å². The van der Waals surface area contributed by atoms with Crippen molar-refractivity contribution in [3.63, 3.8) is 0 Å². The second-order valence-electron chi connectivity index (χ2n) is 1.17. The lowest BCUT2D eigenvalue weighted by atomic mass is 10.4. The molecule has 1 N–H and O–H groups in total. The van der Waals surface area contributed by atoms with Gasteiger partial charge in [-0.25, -0.2) is 0 Å². The first-order valence-electron chi connectivity index (χ1n) is 2.17. The van der Waals surface area contributed by atoms with Crippen molar-refractivity contribution in [1.82, 2.24) is 0 Å². The van der Waals surface area contributed by atoms with E-state index >= 15 is 0 Å². The molecule has 3 heteroatoms. The van der Waals surface area contributed by atoms with E-state index in [0.29, 0.717) is 0 Å². The summed E-state index contributed by atoms with van der Waals surface area (Å²) in [7, 11) is 1.30. The number of methoxy groups -OCH3 is 1. The van der Waals surface area contributed by atoms with Crippen LogP contribution in [0.1, 0.15) is 6.42 Å². The minimum absolute atomic E-state index is 0.132. The second-order valence-corrected chi connectivity index (χ2v) is 1.17. The van der Waals surface area contributed by atoms with Crippen LogP contribution in [0.5, 0.6) is 0 Å². The Balaban J connectivity index is 3.25. The predicted octanol–water partition coefficient (Wildman–Crippen LogP) is 0.621. The highest BCUT2D eigenvalue weighted by molar-refractivity contribution is 5.70. The van der Waals surface area contributed by atoms with Crippen LogP contribution < -0.4 is 0 Å². The third-order valence-electron chi connectivity index (χ3n) is 0.618. The normalized spacial score (nSPS) is 9.62. The van der Waals surface area contributed by atoms with Gasteiger partial charge in [0, 0.05) is 0 Å². The van der Waals surface area contributed by atoms with Gasteiger partial charge in [-0.05, 0) is 6.08 Å². The van der Waals surface area contributed by atoms with Crippen LogP contribution in [0.2, 0.25) is 0 Å². The molecule has 0 fully saturated rings. The molecule has 0 amide bonds. The highest BCUT2D eigenvalue weighted by atomic mass is 16.5. The number of esters is 1. The number of rotatable bonds is 2. The van der Waals surface area contributed by atoms with Crippen LogP contribution in [0, 0.1) is 0 Å². The van der Waals surface area contributed by atoms with E-state index in [4.69, 9.17) is 5.11 Å². The lowest BCUT2D eigenvalue weighted by molar-refractivity contribution is -0.139. The number of ether oxygens (including phenoxy) is 1. The van der Waals surface area contributed by atoms with E-state index in [-0.39, 0.29) is 12.4 Å². The molecule has 0 aliphatic rings. The number of aliphatic hydroxyl groups excluding tert-OH is 1. The standard InChI is InChI=1S/C5H8O3/c1-8-5(7)3-2-4-6/h2,4,6H,3H2,1H3. The molecular weight excluding hydrogens is 108 g/mol. The van der Waals surface area contributed by atoms with Crippen LogP contribution in [-0.4, -0.2) is 18.2 Å². The van der Waals surface area contributed by atoms with Crippen LogP contribution in [-0.2, 0) is 9.53 Å². The molecule has 0 bridgehead atoms. The number of carbonyl (C=O) groups is 1. The Bertz CT molecular complexity index is 95.8. The maximum Gasteiger partial charge on any atom is 0.309 e. The minimum atomic E-state index is -0.352. The fraction of sp³-hybridized carbons (Fsp3) is 0.400. The van der Waals surface area contributed by atoms with Crippen molar-refractivity contribution < 1.29 is 14.6 Å². The summed E-state index contributed by atoms with van der Waals surface area (Å²) in [6.07, 6.45) is 2.26. The van der Waals surface area contributed by atoms with E-state index in [2.05, 4.69) is 4.74 Å². The molecule has 0 spiro atoms. The summed E-state index contributed by atoms with van der Waals surface area (Å²) in [6.45, 7) is 0. The largest absolute Gasteiger partial charge is 0.516 e. The second kappa shape index (κ2) is 4.18. The number of hydrogen-bond acceptors (Lipinski definition) is 3. The summed E-state index contributed by atoms with van der Waals surface area (Å²) in [5, 5.41) is 8.02. The van der Waals surface area contributed by atoms with Crippen LogP contribution in [0.25, 0.3) is 0 Å². The third-order valence-corrected chi connectivity index (χ3v) is 0.618. The van der Waals surface area contributed by atoms with E-state index in [1.54, 1.807) is 0 Å². The molecule has 0 atom stereocenters. The zero-order valence-corrected chi connectivity index (χ0v) is 4.63. The van der Waals surface area contributed by atoms with Crippen molar-refractivity contribution in [2.75, 3.05) is 7.11 Å². The Morgan fingerprint density at radius 3 is 2.88 bits per heavy atom. The van der Waals surface area contributed by atoms with Gasteiger partial charge in [-0.3, -0.25) is 4.79 Å². The van der Waals surface area contributed by atoms with E-state index < -0.39 is 0 Å². The first-order chi connectivity index (χ1) is 3.81. The average molecular weight is 116 g/mol. The van der Waals surface area contributed by atoms with Crippen molar-refractivity contribution in [3.05, 3.63) is 12.3 Å². The molecule has 0 radical (unpaired) electrons. The molecule has 0 saturated carbocycles. The van der Waals surface area contributed by atoms with Gasteiger partial charge in [-0.15, -0.1) is 0 Å². The fourth-order valence-electron chi connectivity index (χ4n) is 0.232. The molecule has 0 heterocycles. The van der Waals surface area contributed by atoms with E-state index in [1.165, 1.54) is 13.2 Å². The Kier molecular flexibility index (Phi) is 3.66. The van der Waals surface area contributed by atoms with Gasteiger partial charge in [0.1, 0.15) is 0 Å². The van der Waals surface area contributed by atoms with Gasteiger partial charge in [0.25, 0.3) is 0 Å². The monoisotopic (exact) mass is 116 g/mol. The van der Waals surface area contributed by atoms with Gasteiger partial charge < -0.3 is 9.84 Å². The first kappa shape index (κ1) is 7.01. The van der Waals surface area contributed by atoms with E-state index in [1.807, 2.05) is 0 Å². The lowest BCUT2D eigenvalue weighted by Gasteiger charge is -1.89. The zero-order valence-electron chi connectivity index (χ0n) is 4.63. The number of aliphatic hydroxyl groups is 1. The molecule has 0 aromatic heterocycles. The molecule has 3 nitrogen and oxygen atoms in total. The van der Waals surface area contributed by atoms with Gasteiger partial charge in [-0.1, -0.05) is 0 Å². The summed E-state index contributed by atoms with van der Waals surface area (Å²) >= 11 is 0. The van der Waals surface area contributed by atoms with Crippen molar-refractivity contribution in [2.24, 2.45) is 0 Å². The highest BCUT2D eigenvalue weighted by Crippen LogP contribution is 1.83. The maximum absolute atomic E-state index is 10.2. The van der Waals surface area contributed by atoms with E-state index in [9.17, 15) is 4.79 Å². The average Bonchev–Trinajstić information content (AvgIpc) is 1.83. The van der Waals surface area contributed by atoms with Gasteiger partial charge in [0.05, 0.1) is 19.8 Å². The molecule has 0 unspecified atom stereocenters. The lowest BCUT2D eigenvalue weighted by Crippen LogP contribution is -1.96. The molecule has 8 heavy (non-hydrogen) atoms. The fourth-order valence-corrected chi connectivity index (χ4v) is 0.232. The van der Waals surface area contributed by atoms with Crippen LogP contribution in [0.3, 0.4) is 0 Å². The predicted molar refractivity (Wildman–Crippen MR) is 28.4 cm³/mol. The van der Waals surface area contributed by atoms with Crippen LogP contribution >= 0.6 is 0 Å². The SMILES string of the molecule is COC(=O)CC=CO. The summed E-state index contributed by atoms with van der Waals surface area (Å²) in [4.78, 5) is 10.2. The molecule has 0 aromatic carbocycles. The maximum atomic E-state index is 10.2. The Labute approximate surface area is 47.6 Å². The quantitative estimate of drug-likeness (QED) is 0.425. The molecule has 0 saturated heterocycles. The Morgan fingerprint density at radius 2 is 2.50 bits per heavy atom. The summed E-state index contributed by atoms with van der Waals surface area (Å²) in [5.74, 6) is -0.352. The zero-order chi connectivity index (χ0) is 6.41. The molecule has 0 rings (SSSR count). The topological polar surface area (TPSA) is 46.5 Å². The highest BCUT2D eigenvalue weighted by Gasteiger charge is 1.91. The van der Waals surface area contributed by atoms with Crippen molar-refractivity contribution >= 4 is 5.97 Å². The molecule has 46 valence electrons. The van der Waals surface area contributed by atoms with Gasteiger partial charge in [0.2, 0.25) is 0 Å². The summed E-state index contributed by atoms with van der Waals surface area (Å²) in [6, 6.07) is 0. The summed E-state index contributed by atoms with van der Waals surface area (Å²) < 4.78 is 4.25. The van der Waals surface area contributed by atoms with Gasteiger partial charge >= 0.3 is 5.97 Å².